The normalized spacial score (nSPS) is 22.4. The predicted molar refractivity (Wildman–Crippen MR) is 104 cm³/mol. The van der Waals surface area contributed by atoms with Gasteiger partial charge in [-0.3, -0.25) is 14.6 Å². The topological polar surface area (TPSA) is 62.7 Å². The minimum Gasteiger partial charge on any atom is -0.361 e. The Kier molecular flexibility index (Phi) is 5.21. The standard InChI is InChI=1S/C22H23N3O3/c26-20(19-10-4-6-12-23-19)25-14-15-28-22(17-25)11-5-7-13-24(21(22)27)16-18-8-2-1-3-9-18/h1-10,12H,11,13-17H2/t22-/m1/s1. The first-order chi connectivity index (χ1) is 13.7. The molecule has 0 aliphatic carbocycles. The number of benzene rings is 1. The van der Waals surface area contributed by atoms with Crippen LogP contribution in [0.5, 0.6) is 0 Å². The number of amides is 2. The van der Waals surface area contributed by atoms with E-state index in [1.54, 1.807) is 34.2 Å². The molecule has 2 aromatic rings. The summed E-state index contributed by atoms with van der Waals surface area (Å²) in [4.78, 5) is 33.9. The van der Waals surface area contributed by atoms with Crippen LogP contribution < -0.4 is 0 Å². The fourth-order valence-corrected chi connectivity index (χ4v) is 3.74. The van der Waals surface area contributed by atoms with Crippen LogP contribution in [0.3, 0.4) is 0 Å². The zero-order valence-corrected chi connectivity index (χ0v) is 15.7. The number of hydrogen-bond acceptors (Lipinski definition) is 4. The largest absolute Gasteiger partial charge is 0.361 e. The Morgan fingerprint density at radius 3 is 2.71 bits per heavy atom. The van der Waals surface area contributed by atoms with Gasteiger partial charge in [-0.1, -0.05) is 48.6 Å². The fraction of sp³-hybridized carbons (Fsp3) is 0.318. The lowest BCUT2D eigenvalue weighted by molar-refractivity contribution is -0.167. The molecular formula is C22H23N3O3. The molecule has 1 saturated heterocycles. The number of pyridine rings is 1. The van der Waals surface area contributed by atoms with Gasteiger partial charge in [0.15, 0.2) is 5.60 Å². The summed E-state index contributed by atoms with van der Waals surface area (Å²) in [6, 6.07) is 15.2. The minimum atomic E-state index is -1.04. The van der Waals surface area contributed by atoms with Gasteiger partial charge >= 0.3 is 0 Å². The zero-order chi connectivity index (χ0) is 19.4. The molecule has 1 aromatic carbocycles. The van der Waals surface area contributed by atoms with Crippen molar-refractivity contribution in [1.29, 1.82) is 0 Å². The van der Waals surface area contributed by atoms with Crippen molar-refractivity contribution in [2.75, 3.05) is 26.2 Å². The molecule has 144 valence electrons. The number of aromatic nitrogens is 1. The van der Waals surface area contributed by atoms with E-state index in [9.17, 15) is 9.59 Å². The maximum absolute atomic E-state index is 13.4. The summed E-state index contributed by atoms with van der Waals surface area (Å²) in [7, 11) is 0. The lowest BCUT2D eigenvalue weighted by Gasteiger charge is -2.42. The first-order valence-electron chi connectivity index (χ1n) is 9.50. The summed E-state index contributed by atoms with van der Waals surface area (Å²) in [5.41, 5.74) is 0.417. The molecule has 4 rings (SSSR count). The Morgan fingerprint density at radius 1 is 1.11 bits per heavy atom. The van der Waals surface area contributed by atoms with Crippen molar-refractivity contribution >= 4 is 11.8 Å². The minimum absolute atomic E-state index is 0.0696. The van der Waals surface area contributed by atoms with Gasteiger partial charge in [0.05, 0.1) is 13.2 Å². The van der Waals surface area contributed by atoms with Gasteiger partial charge in [0.25, 0.3) is 11.8 Å². The molecule has 0 bridgehead atoms. The highest BCUT2D eigenvalue weighted by Gasteiger charge is 2.47. The molecule has 6 heteroatoms. The van der Waals surface area contributed by atoms with Crippen molar-refractivity contribution in [3.05, 3.63) is 78.1 Å². The second-order valence-corrected chi connectivity index (χ2v) is 7.13. The monoisotopic (exact) mass is 377 g/mol. The molecule has 28 heavy (non-hydrogen) atoms. The van der Waals surface area contributed by atoms with Gasteiger partial charge < -0.3 is 14.5 Å². The van der Waals surface area contributed by atoms with E-state index >= 15 is 0 Å². The number of rotatable bonds is 3. The predicted octanol–water partition coefficient (Wildman–Crippen LogP) is 2.28. The molecule has 0 unspecified atom stereocenters. The van der Waals surface area contributed by atoms with E-state index < -0.39 is 5.60 Å². The molecule has 6 nitrogen and oxygen atoms in total. The van der Waals surface area contributed by atoms with Gasteiger partial charge in [0, 0.05) is 32.3 Å². The second-order valence-electron chi connectivity index (χ2n) is 7.13. The molecule has 1 atom stereocenters. The van der Waals surface area contributed by atoms with Crippen molar-refractivity contribution in [2.45, 2.75) is 18.6 Å². The van der Waals surface area contributed by atoms with E-state index in [0.717, 1.165) is 5.56 Å². The number of nitrogens with zero attached hydrogens (tertiary/aromatic N) is 3. The third kappa shape index (κ3) is 3.68. The maximum atomic E-state index is 13.4. The van der Waals surface area contributed by atoms with E-state index in [0.29, 0.717) is 38.4 Å². The van der Waals surface area contributed by atoms with Crippen LogP contribution in [-0.4, -0.2) is 58.4 Å². The first-order valence-corrected chi connectivity index (χ1v) is 9.50. The van der Waals surface area contributed by atoms with E-state index in [1.165, 1.54) is 0 Å². The SMILES string of the molecule is O=C(c1ccccn1)N1CCO[C@]2(CC=CCN(Cc3ccccc3)C2=O)C1. The summed E-state index contributed by atoms with van der Waals surface area (Å²) in [6.07, 6.45) is 6.05. The van der Waals surface area contributed by atoms with Crippen LogP contribution in [0.15, 0.2) is 66.9 Å². The molecule has 3 heterocycles. The summed E-state index contributed by atoms with van der Waals surface area (Å²) in [5.74, 6) is -0.237. The smallest absolute Gasteiger partial charge is 0.272 e. The Hall–Kier alpha value is -2.99. The van der Waals surface area contributed by atoms with Gasteiger partial charge in [-0.2, -0.15) is 0 Å². The summed E-state index contributed by atoms with van der Waals surface area (Å²) < 4.78 is 6.03. The summed E-state index contributed by atoms with van der Waals surface area (Å²) >= 11 is 0. The third-order valence-corrected chi connectivity index (χ3v) is 5.19. The highest BCUT2D eigenvalue weighted by molar-refractivity contribution is 5.94. The fourth-order valence-electron chi connectivity index (χ4n) is 3.74. The molecule has 1 fully saturated rings. The number of hydrogen-bond donors (Lipinski definition) is 0. The zero-order valence-electron chi connectivity index (χ0n) is 15.7. The highest BCUT2D eigenvalue weighted by atomic mass is 16.5. The maximum Gasteiger partial charge on any atom is 0.272 e. The van der Waals surface area contributed by atoms with Crippen LogP contribution in [0.4, 0.5) is 0 Å². The van der Waals surface area contributed by atoms with Gasteiger partial charge in [-0.05, 0) is 17.7 Å². The Labute approximate surface area is 164 Å². The molecule has 1 aromatic heterocycles. The lowest BCUT2D eigenvalue weighted by atomic mass is 9.95. The number of ether oxygens (including phenoxy) is 1. The van der Waals surface area contributed by atoms with Crippen LogP contribution in [0.25, 0.3) is 0 Å². The summed E-state index contributed by atoms with van der Waals surface area (Å²) in [5, 5.41) is 0. The molecular weight excluding hydrogens is 354 g/mol. The van der Waals surface area contributed by atoms with Crippen LogP contribution in [0.1, 0.15) is 22.5 Å². The van der Waals surface area contributed by atoms with Gasteiger partial charge in [0.2, 0.25) is 0 Å². The quantitative estimate of drug-likeness (QED) is 0.770. The second kappa shape index (κ2) is 7.94. The number of carbonyl (C=O) groups is 2. The summed E-state index contributed by atoms with van der Waals surface area (Å²) in [6.45, 7) is 2.07. The Bertz CT molecular complexity index is 869. The molecule has 2 amide bonds. The number of morpholine rings is 1. The van der Waals surface area contributed by atoms with Crippen molar-refractivity contribution in [3.63, 3.8) is 0 Å². The average molecular weight is 377 g/mol. The number of carbonyl (C=O) groups excluding carboxylic acids is 2. The van der Waals surface area contributed by atoms with Gasteiger partial charge in [-0.25, -0.2) is 0 Å². The molecule has 2 aliphatic heterocycles. The van der Waals surface area contributed by atoms with E-state index in [-0.39, 0.29) is 18.4 Å². The highest BCUT2D eigenvalue weighted by Crippen LogP contribution is 2.29. The van der Waals surface area contributed by atoms with Crippen molar-refractivity contribution in [3.8, 4) is 0 Å². The molecule has 1 spiro atoms. The van der Waals surface area contributed by atoms with Crippen molar-refractivity contribution in [1.82, 2.24) is 14.8 Å². The van der Waals surface area contributed by atoms with Crippen LogP contribution in [0.2, 0.25) is 0 Å². The van der Waals surface area contributed by atoms with Crippen molar-refractivity contribution < 1.29 is 14.3 Å². The Morgan fingerprint density at radius 2 is 1.93 bits per heavy atom. The molecule has 0 saturated carbocycles. The van der Waals surface area contributed by atoms with Gasteiger partial charge in [0.1, 0.15) is 5.69 Å². The van der Waals surface area contributed by atoms with E-state index in [1.807, 2.05) is 42.5 Å². The van der Waals surface area contributed by atoms with Crippen LogP contribution >= 0.6 is 0 Å². The van der Waals surface area contributed by atoms with Crippen LogP contribution in [0, 0.1) is 0 Å². The molecule has 0 N–H and O–H groups in total. The molecule has 2 aliphatic rings. The van der Waals surface area contributed by atoms with E-state index in [2.05, 4.69) is 4.98 Å². The lowest BCUT2D eigenvalue weighted by Crippen LogP contribution is -2.60. The Balaban J connectivity index is 1.55. The van der Waals surface area contributed by atoms with Crippen molar-refractivity contribution in [2.24, 2.45) is 0 Å². The van der Waals surface area contributed by atoms with Gasteiger partial charge in [-0.15, -0.1) is 0 Å². The van der Waals surface area contributed by atoms with E-state index in [4.69, 9.17) is 4.74 Å². The third-order valence-electron chi connectivity index (χ3n) is 5.19. The first kappa shape index (κ1) is 18.4. The molecule has 0 radical (unpaired) electrons. The van der Waals surface area contributed by atoms with Crippen LogP contribution in [-0.2, 0) is 16.1 Å². The average Bonchev–Trinajstić information content (AvgIpc) is 2.89.